The van der Waals surface area contributed by atoms with Crippen molar-refractivity contribution in [3.63, 3.8) is 0 Å². The maximum absolute atomic E-state index is 5.67. The lowest BCUT2D eigenvalue weighted by atomic mass is 9.89. The van der Waals surface area contributed by atoms with E-state index < -0.39 is 0 Å². The highest BCUT2D eigenvalue weighted by molar-refractivity contribution is 6.17. The summed E-state index contributed by atoms with van der Waals surface area (Å²) in [5, 5.41) is 8.14. The van der Waals surface area contributed by atoms with Gasteiger partial charge < -0.3 is 9.32 Å². The standard InChI is InChI=1S/C13H22ClN3O/c1-10(2)11-4-3-8-17(9-6-11)13-16-15-12(18-13)5-7-14/h10-11H,3-9H2,1-2H3. The van der Waals surface area contributed by atoms with Gasteiger partial charge in [0.05, 0.1) is 0 Å². The Morgan fingerprint density at radius 3 is 2.89 bits per heavy atom. The summed E-state index contributed by atoms with van der Waals surface area (Å²) in [6, 6.07) is 0.666. The van der Waals surface area contributed by atoms with Crippen LogP contribution in [0.1, 0.15) is 39.0 Å². The van der Waals surface area contributed by atoms with Crippen molar-refractivity contribution in [2.24, 2.45) is 11.8 Å². The smallest absolute Gasteiger partial charge is 0.318 e. The van der Waals surface area contributed by atoms with Gasteiger partial charge in [-0.3, -0.25) is 0 Å². The van der Waals surface area contributed by atoms with Gasteiger partial charge in [-0.25, -0.2) is 0 Å². The third kappa shape index (κ3) is 3.37. The van der Waals surface area contributed by atoms with E-state index in [2.05, 4.69) is 28.9 Å². The van der Waals surface area contributed by atoms with Crippen LogP contribution in [0.3, 0.4) is 0 Å². The zero-order valence-corrected chi connectivity index (χ0v) is 12.0. The Labute approximate surface area is 114 Å². The number of hydrogen-bond donors (Lipinski definition) is 0. The lowest BCUT2D eigenvalue weighted by Gasteiger charge is -2.19. The molecule has 0 saturated carbocycles. The number of halogens is 1. The molecule has 102 valence electrons. The highest BCUT2D eigenvalue weighted by Crippen LogP contribution is 2.26. The van der Waals surface area contributed by atoms with Gasteiger partial charge in [0.1, 0.15) is 0 Å². The lowest BCUT2D eigenvalue weighted by Crippen LogP contribution is -2.24. The maximum Gasteiger partial charge on any atom is 0.318 e. The van der Waals surface area contributed by atoms with Crippen molar-refractivity contribution in [3.05, 3.63) is 5.89 Å². The van der Waals surface area contributed by atoms with E-state index in [0.29, 0.717) is 24.2 Å². The molecule has 0 N–H and O–H groups in total. The van der Waals surface area contributed by atoms with E-state index in [4.69, 9.17) is 16.0 Å². The molecule has 0 bridgehead atoms. The van der Waals surface area contributed by atoms with E-state index in [-0.39, 0.29) is 0 Å². The second-order valence-corrected chi connectivity index (χ2v) is 5.72. The molecule has 1 unspecified atom stereocenters. The number of nitrogens with zero attached hydrogens (tertiary/aromatic N) is 3. The summed E-state index contributed by atoms with van der Waals surface area (Å²) in [5.41, 5.74) is 0. The lowest BCUT2D eigenvalue weighted by molar-refractivity contribution is 0.350. The second-order valence-electron chi connectivity index (χ2n) is 5.34. The summed E-state index contributed by atoms with van der Waals surface area (Å²) < 4.78 is 5.63. The molecule has 0 aliphatic carbocycles. The highest BCUT2D eigenvalue weighted by Gasteiger charge is 2.22. The molecule has 1 atom stereocenters. The van der Waals surface area contributed by atoms with E-state index in [1.54, 1.807) is 0 Å². The predicted molar refractivity (Wildman–Crippen MR) is 73.1 cm³/mol. The first kappa shape index (κ1) is 13.7. The molecule has 5 heteroatoms. The van der Waals surface area contributed by atoms with Crippen molar-refractivity contribution in [1.29, 1.82) is 0 Å². The predicted octanol–water partition coefficient (Wildman–Crippen LogP) is 3.11. The van der Waals surface area contributed by atoms with Gasteiger partial charge >= 0.3 is 6.01 Å². The van der Waals surface area contributed by atoms with Gasteiger partial charge in [-0.1, -0.05) is 18.9 Å². The fourth-order valence-electron chi connectivity index (χ4n) is 2.53. The minimum absolute atomic E-state index is 0.525. The summed E-state index contributed by atoms with van der Waals surface area (Å²) in [6.45, 7) is 6.66. The fourth-order valence-corrected chi connectivity index (χ4v) is 2.70. The first-order valence-electron chi connectivity index (χ1n) is 6.84. The molecule has 1 aliphatic heterocycles. The average Bonchev–Trinajstić information content (AvgIpc) is 2.65. The summed E-state index contributed by atoms with van der Waals surface area (Å²) in [4.78, 5) is 2.22. The minimum atomic E-state index is 0.525. The molecule has 0 aromatic carbocycles. The Morgan fingerprint density at radius 2 is 2.17 bits per heavy atom. The van der Waals surface area contributed by atoms with Gasteiger partial charge in [0, 0.05) is 25.4 Å². The first-order valence-corrected chi connectivity index (χ1v) is 7.37. The van der Waals surface area contributed by atoms with Crippen LogP contribution in [0.2, 0.25) is 0 Å². The molecule has 0 spiro atoms. The Hall–Kier alpha value is -0.770. The van der Waals surface area contributed by atoms with Crippen molar-refractivity contribution >= 4 is 17.6 Å². The van der Waals surface area contributed by atoms with Gasteiger partial charge in [0.15, 0.2) is 0 Å². The van der Waals surface area contributed by atoms with Gasteiger partial charge in [-0.15, -0.1) is 16.7 Å². The van der Waals surface area contributed by atoms with E-state index in [1.807, 2.05) is 0 Å². The zero-order valence-electron chi connectivity index (χ0n) is 11.2. The summed E-state index contributed by atoms with van der Waals surface area (Å²) in [7, 11) is 0. The summed E-state index contributed by atoms with van der Waals surface area (Å²) in [5.74, 6) is 2.75. The largest absolute Gasteiger partial charge is 0.408 e. The summed E-state index contributed by atoms with van der Waals surface area (Å²) >= 11 is 5.67. The van der Waals surface area contributed by atoms with Crippen LogP contribution >= 0.6 is 11.6 Å². The van der Waals surface area contributed by atoms with Crippen LogP contribution < -0.4 is 4.90 Å². The van der Waals surface area contributed by atoms with Crippen molar-refractivity contribution < 1.29 is 4.42 Å². The Morgan fingerprint density at radius 1 is 1.33 bits per heavy atom. The van der Waals surface area contributed by atoms with Crippen LogP contribution in [0.5, 0.6) is 0 Å². The van der Waals surface area contributed by atoms with Gasteiger partial charge in [-0.05, 0) is 31.1 Å². The number of aromatic nitrogens is 2. The van der Waals surface area contributed by atoms with Crippen molar-refractivity contribution in [2.75, 3.05) is 23.9 Å². The van der Waals surface area contributed by atoms with Crippen molar-refractivity contribution in [3.8, 4) is 0 Å². The van der Waals surface area contributed by atoms with E-state index >= 15 is 0 Å². The van der Waals surface area contributed by atoms with Gasteiger partial charge in [0.2, 0.25) is 5.89 Å². The van der Waals surface area contributed by atoms with E-state index in [0.717, 1.165) is 24.9 Å². The average molecular weight is 272 g/mol. The second kappa shape index (κ2) is 6.41. The molecule has 1 fully saturated rings. The number of hydrogen-bond acceptors (Lipinski definition) is 4. The molecule has 0 radical (unpaired) electrons. The van der Waals surface area contributed by atoms with Crippen LogP contribution in [0.4, 0.5) is 6.01 Å². The molecule has 0 amide bonds. The molecule has 18 heavy (non-hydrogen) atoms. The molecule has 2 rings (SSSR count). The monoisotopic (exact) mass is 271 g/mol. The highest BCUT2D eigenvalue weighted by atomic mass is 35.5. The maximum atomic E-state index is 5.67. The first-order chi connectivity index (χ1) is 8.70. The molecule has 1 aromatic rings. The van der Waals surface area contributed by atoms with E-state index in [9.17, 15) is 0 Å². The number of rotatable bonds is 4. The number of aryl methyl sites for hydroxylation is 1. The Balaban J connectivity index is 1.96. The molecular weight excluding hydrogens is 250 g/mol. The molecule has 2 heterocycles. The molecular formula is C13H22ClN3O. The summed E-state index contributed by atoms with van der Waals surface area (Å²) in [6.07, 6.45) is 4.37. The quantitative estimate of drug-likeness (QED) is 0.789. The van der Waals surface area contributed by atoms with Crippen LogP contribution in [0.15, 0.2) is 4.42 Å². The minimum Gasteiger partial charge on any atom is -0.408 e. The molecule has 1 aromatic heterocycles. The van der Waals surface area contributed by atoms with Crippen LogP contribution in [0, 0.1) is 11.8 Å². The Kier molecular flexibility index (Phi) is 4.87. The normalized spacial score (nSPS) is 21.3. The topological polar surface area (TPSA) is 42.2 Å². The fraction of sp³-hybridized carbons (Fsp3) is 0.846. The van der Waals surface area contributed by atoms with Gasteiger partial charge in [-0.2, -0.15) is 0 Å². The molecule has 1 saturated heterocycles. The van der Waals surface area contributed by atoms with Crippen LogP contribution in [-0.2, 0) is 6.42 Å². The third-order valence-corrected chi connectivity index (χ3v) is 3.94. The Bertz CT molecular complexity index is 367. The van der Waals surface area contributed by atoms with Crippen LogP contribution in [-0.4, -0.2) is 29.2 Å². The number of anilines is 1. The van der Waals surface area contributed by atoms with E-state index in [1.165, 1.54) is 19.3 Å². The number of alkyl halides is 1. The van der Waals surface area contributed by atoms with Crippen molar-refractivity contribution in [1.82, 2.24) is 10.2 Å². The zero-order chi connectivity index (χ0) is 13.0. The SMILES string of the molecule is CC(C)C1CCCN(c2nnc(CCCl)o2)CC1. The third-order valence-electron chi connectivity index (χ3n) is 3.75. The molecule has 4 nitrogen and oxygen atoms in total. The molecule has 1 aliphatic rings. The van der Waals surface area contributed by atoms with Gasteiger partial charge in [0.25, 0.3) is 0 Å². The van der Waals surface area contributed by atoms with Crippen LogP contribution in [0.25, 0.3) is 0 Å². The van der Waals surface area contributed by atoms with Crippen molar-refractivity contribution in [2.45, 2.75) is 39.5 Å².